The van der Waals surface area contributed by atoms with Gasteiger partial charge in [0.1, 0.15) is 4.90 Å². The molecule has 2 rings (SSSR count). The Morgan fingerprint density at radius 1 is 1.30 bits per heavy atom. The second kappa shape index (κ2) is 6.56. The predicted molar refractivity (Wildman–Crippen MR) is 81.3 cm³/mol. The molecule has 3 N–H and O–H groups in total. The standard InChI is InChI=1S/C14H23N3O2S/c1-2-17(11-12-7-9-16-10-8-12)13-5-3-4-6-14(13)20(15,18)19/h3-6,12,16H,2,7-11H2,1H3,(H2,15,18,19). The summed E-state index contributed by atoms with van der Waals surface area (Å²) in [6, 6.07) is 6.98. The number of nitrogens with two attached hydrogens (primary N) is 1. The van der Waals surface area contributed by atoms with E-state index in [9.17, 15) is 8.42 Å². The Kier molecular flexibility index (Phi) is 5.01. The van der Waals surface area contributed by atoms with Crippen molar-refractivity contribution in [2.75, 3.05) is 31.1 Å². The lowest BCUT2D eigenvalue weighted by atomic mass is 9.97. The van der Waals surface area contributed by atoms with Crippen LogP contribution in [-0.2, 0) is 10.0 Å². The fraction of sp³-hybridized carbons (Fsp3) is 0.571. The lowest BCUT2D eigenvalue weighted by Gasteiger charge is -2.31. The van der Waals surface area contributed by atoms with E-state index < -0.39 is 10.0 Å². The number of nitrogens with one attached hydrogen (secondary N) is 1. The quantitative estimate of drug-likeness (QED) is 0.855. The Morgan fingerprint density at radius 2 is 1.95 bits per heavy atom. The molecule has 0 saturated carbocycles. The van der Waals surface area contributed by atoms with E-state index in [0.29, 0.717) is 5.92 Å². The Labute approximate surface area is 121 Å². The molecule has 1 aromatic rings. The monoisotopic (exact) mass is 297 g/mol. The molecule has 0 bridgehead atoms. The van der Waals surface area contributed by atoms with Crippen molar-refractivity contribution in [3.63, 3.8) is 0 Å². The van der Waals surface area contributed by atoms with Crippen LogP contribution in [0.5, 0.6) is 0 Å². The molecule has 1 heterocycles. The molecule has 112 valence electrons. The highest BCUT2D eigenvalue weighted by molar-refractivity contribution is 7.89. The van der Waals surface area contributed by atoms with Crippen molar-refractivity contribution < 1.29 is 8.42 Å². The van der Waals surface area contributed by atoms with Crippen molar-refractivity contribution in [1.82, 2.24) is 5.32 Å². The van der Waals surface area contributed by atoms with Crippen LogP contribution < -0.4 is 15.4 Å². The van der Waals surface area contributed by atoms with Crippen LogP contribution in [0, 0.1) is 5.92 Å². The van der Waals surface area contributed by atoms with Gasteiger partial charge in [0.25, 0.3) is 0 Å². The van der Waals surface area contributed by atoms with E-state index >= 15 is 0 Å². The van der Waals surface area contributed by atoms with Gasteiger partial charge in [0.15, 0.2) is 0 Å². The summed E-state index contributed by atoms with van der Waals surface area (Å²) >= 11 is 0. The molecule has 1 fully saturated rings. The number of hydrogen-bond acceptors (Lipinski definition) is 4. The normalized spacial score (nSPS) is 17.1. The summed E-state index contributed by atoms with van der Waals surface area (Å²) < 4.78 is 23.4. The largest absolute Gasteiger partial charge is 0.370 e. The number of sulfonamides is 1. The highest BCUT2D eigenvalue weighted by atomic mass is 32.2. The van der Waals surface area contributed by atoms with Crippen molar-refractivity contribution in [1.29, 1.82) is 0 Å². The Morgan fingerprint density at radius 3 is 2.55 bits per heavy atom. The maximum Gasteiger partial charge on any atom is 0.240 e. The summed E-state index contributed by atoms with van der Waals surface area (Å²) in [7, 11) is -3.68. The first-order valence-corrected chi connectivity index (χ1v) is 8.64. The van der Waals surface area contributed by atoms with Crippen LogP contribution in [0.1, 0.15) is 19.8 Å². The smallest absolute Gasteiger partial charge is 0.240 e. The van der Waals surface area contributed by atoms with Gasteiger partial charge in [0.05, 0.1) is 5.69 Å². The van der Waals surface area contributed by atoms with Gasteiger partial charge in [-0.2, -0.15) is 0 Å². The molecular formula is C14H23N3O2S. The molecule has 0 aromatic heterocycles. The van der Waals surface area contributed by atoms with Crippen LogP contribution in [0.2, 0.25) is 0 Å². The summed E-state index contributed by atoms with van der Waals surface area (Å²) in [5.41, 5.74) is 0.719. The maximum absolute atomic E-state index is 11.7. The third kappa shape index (κ3) is 3.71. The highest BCUT2D eigenvalue weighted by Gasteiger charge is 2.21. The molecule has 1 aliphatic rings. The third-order valence-corrected chi connectivity index (χ3v) is 4.79. The second-order valence-electron chi connectivity index (χ2n) is 5.24. The minimum atomic E-state index is -3.68. The minimum absolute atomic E-state index is 0.218. The maximum atomic E-state index is 11.7. The van der Waals surface area contributed by atoms with E-state index in [0.717, 1.165) is 44.7 Å². The van der Waals surface area contributed by atoms with Gasteiger partial charge in [-0.3, -0.25) is 0 Å². The van der Waals surface area contributed by atoms with Crippen molar-refractivity contribution in [3.05, 3.63) is 24.3 Å². The van der Waals surface area contributed by atoms with E-state index in [4.69, 9.17) is 5.14 Å². The summed E-state index contributed by atoms with van der Waals surface area (Å²) in [5, 5.41) is 8.67. The average Bonchev–Trinajstić information content (AvgIpc) is 2.45. The SMILES string of the molecule is CCN(CC1CCNCC1)c1ccccc1S(N)(=O)=O. The van der Waals surface area contributed by atoms with Gasteiger partial charge < -0.3 is 10.2 Å². The predicted octanol–water partition coefficient (Wildman–Crippen LogP) is 1.16. The first-order valence-electron chi connectivity index (χ1n) is 7.10. The lowest BCUT2D eigenvalue weighted by Crippen LogP contribution is -2.37. The third-order valence-electron chi connectivity index (χ3n) is 3.83. The Hall–Kier alpha value is -1.11. The topological polar surface area (TPSA) is 75.4 Å². The molecule has 0 aliphatic carbocycles. The van der Waals surface area contributed by atoms with Gasteiger partial charge in [-0.25, -0.2) is 13.6 Å². The highest BCUT2D eigenvalue weighted by Crippen LogP contribution is 2.26. The number of rotatable bonds is 5. The summed E-state index contributed by atoms with van der Waals surface area (Å²) in [5.74, 6) is 0.602. The zero-order chi connectivity index (χ0) is 14.6. The van der Waals surface area contributed by atoms with Crippen LogP contribution >= 0.6 is 0 Å². The van der Waals surface area contributed by atoms with Crippen molar-refractivity contribution in [2.45, 2.75) is 24.7 Å². The minimum Gasteiger partial charge on any atom is -0.370 e. The van der Waals surface area contributed by atoms with E-state index in [1.165, 1.54) is 0 Å². The molecule has 0 radical (unpaired) electrons. The van der Waals surface area contributed by atoms with Gasteiger partial charge in [-0.15, -0.1) is 0 Å². The Balaban J connectivity index is 2.23. The fourth-order valence-corrected chi connectivity index (χ4v) is 3.49. The molecule has 1 saturated heterocycles. The Bertz CT molecular complexity index is 539. The number of benzene rings is 1. The molecule has 5 nitrogen and oxygen atoms in total. The number of nitrogens with zero attached hydrogens (tertiary/aromatic N) is 1. The van der Waals surface area contributed by atoms with Crippen molar-refractivity contribution >= 4 is 15.7 Å². The lowest BCUT2D eigenvalue weighted by molar-refractivity contribution is 0.374. The van der Waals surface area contributed by atoms with Crippen molar-refractivity contribution in [3.8, 4) is 0 Å². The number of hydrogen-bond donors (Lipinski definition) is 2. The van der Waals surface area contributed by atoms with Gasteiger partial charge in [-0.05, 0) is 50.9 Å². The first-order chi connectivity index (χ1) is 9.52. The van der Waals surface area contributed by atoms with E-state index in [1.54, 1.807) is 12.1 Å². The molecule has 0 atom stereocenters. The van der Waals surface area contributed by atoms with E-state index in [2.05, 4.69) is 10.2 Å². The average molecular weight is 297 g/mol. The number of primary sulfonamides is 1. The first kappa shape index (κ1) is 15.3. The van der Waals surface area contributed by atoms with Gasteiger partial charge in [0, 0.05) is 13.1 Å². The number of anilines is 1. The summed E-state index contributed by atoms with van der Waals surface area (Å²) in [6.45, 7) is 5.78. The summed E-state index contributed by atoms with van der Waals surface area (Å²) in [4.78, 5) is 2.34. The molecule has 0 amide bonds. The van der Waals surface area contributed by atoms with Crippen LogP contribution in [-0.4, -0.2) is 34.6 Å². The van der Waals surface area contributed by atoms with Crippen LogP contribution in [0.3, 0.4) is 0 Å². The second-order valence-corrected chi connectivity index (χ2v) is 6.77. The van der Waals surface area contributed by atoms with Crippen molar-refractivity contribution in [2.24, 2.45) is 11.1 Å². The van der Waals surface area contributed by atoms with Crippen LogP contribution in [0.25, 0.3) is 0 Å². The zero-order valence-corrected chi connectivity index (χ0v) is 12.7. The molecule has 0 unspecified atom stereocenters. The summed E-state index contributed by atoms with van der Waals surface area (Å²) in [6.07, 6.45) is 2.27. The number of para-hydroxylation sites is 1. The molecule has 20 heavy (non-hydrogen) atoms. The van der Waals surface area contributed by atoms with Crippen LogP contribution in [0.15, 0.2) is 29.2 Å². The fourth-order valence-electron chi connectivity index (χ4n) is 2.73. The molecule has 1 aliphatic heterocycles. The van der Waals surface area contributed by atoms with E-state index in [-0.39, 0.29) is 4.90 Å². The molecular weight excluding hydrogens is 274 g/mol. The zero-order valence-electron chi connectivity index (χ0n) is 11.9. The van der Waals surface area contributed by atoms with E-state index in [1.807, 2.05) is 19.1 Å². The molecule has 6 heteroatoms. The van der Waals surface area contributed by atoms with Gasteiger partial charge in [0.2, 0.25) is 10.0 Å². The molecule has 0 spiro atoms. The van der Waals surface area contributed by atoms with Gasteiger partial charge >= 0.3 is 0 Å². The number of piperidine rings is 1. The van der Waals surface area contributed by atoms with Crippen LogP contribution in [0.4, 0.5) is 5.69 Å². The van der Waals surface area contributed by atoms with Gasteiger partial charge in [-0.1, -0.05) is 12.1 Å². The molecule has 1 aromatic carbocycles.